The van der Waals surface area contributed by atoms with Gasteiger partial charge in [-0.1, -0.05) is 42.5 Å². The van der Waals surface area contributed by atoms with Gasteiger partial charge in [0, 0.05) is 19.7 Å². The van der Waals surface area contributed by atoms with Crippen LogP contribution in [0.15, 0.2) is 54.6 Å². The van der Waals surface area contributed by atoms with Crippen molar-refractivity contribution in [3.63, 3.8) is 0 Å². The summed E-state index contributed by atoms with van der Waals surface area (Å²) in [7, 11) is -1.52. The van der Waals surface area contributed by atoms with Crippen LogP contribution in [0.4, 0.5) is 0 Å². The maximum Gasteiger partial charge on any atom is 0.260 e. The van der Waals surface area contributed by atoms with E-state index in [1.807, 2.05) is 54.6 Å². The van der Waals surface area contributed by atoms with Crippen LogP contribution >= 0.6 is 0 Å². The van der Waals surface area contributed by atoms with E-state index >= 15 is 0 Å². The first-order valence-electron chi connectivity index (χ1n) is 9.25. The Morgan fingerprint density at radius 1 is 1.07 bits per heavy atom. The van der Waals surface area contributed by atoms with E-state index in [9.17, 15) is 13.2 Å². The summed E-state index contributed by atoms with van der Waals surface area (Å²) in [5.74, 6) is 0.495. The van der Waals surface area contributed by atoms with Gasteiger partial charge >= 0.3 is 0 Å². The van der Waals surface area contributed by atoms with Crippen LogP contribution in [-0.2, 0) is 19.4 Å². The standard InChI is InChI=1S/C21H25NO5S/c1-26-13-12-22(19-11-14-28(24,25)16-19)21(23)15-27-20-9-7-18(8-10-20)17-5-3-2-4-6-17/h2-10,19H,11-16H2,1H3/t19-/m1/s1. The zero-order valence-electron chi connectivity index (χ0n) is 15.9. The summed E-state index contributed by atoms with van der Waals surface area (Å²) in [6.07, 6.45) is 0.462. The Morgan fingerprint density at radius 3 is 2.36 bits per heavy atom. The molecule has 150 valence electrons. The summed E-state index contributed by atoms with van der Waals surface area (Å²) in [5, 5.41) is 0. The van der Waals surface area contributed by atoms with E-state index in [1.165, 1.54) is 0 Å². The van der Waals surface area contributed by atoms with Gasteiger partial charge in [-0.25, -0.2) is 8.42 Å². The molecular weight excluding hydrogens is 378 g/mol. The van der Waals surface area contributed by atoms with Crippen LogP contribution in [0.25, 0.3) is 11.1 Å². The highest BCUT2D eigenvalue weighted by molar-refractivity contribution is 7.91. The average molecular weight is 404 g/mol. The van der Waals surface area contributed by atoms with Crippen LogP contribution in [0.5, 0.6) is 5.75 Å². The number of carbonyl (C=O) groups excluding carboxylic acids is 1. The molecule has 0 bridgehead atoms. The molecule has 6 nitrogen and oxygen atoms in total. The highest BCUT2D eigenvalue weighted by atomic mass is 32.2. The van der Waals surface area contributed by atoms with Crippen molar-refractivity contribution in [2.75, 3.05) is 38.4 Å². The van der Waals surface area contributed by atoms with Crippen LogP contribution in [0.1, 0.15) is 6.42 Å². The molecular formula is C21H25NO5S. The summed E-state index contributed by atoms with van der Waals surface area (Å²) in [6, 6.07) is 17.2. The van der Waals surface area contributed by atoms with E-state index < -0.39 is 9.84 Å². The summed E-state index contributed by atoms with van der Waals surface area (Å²) in [5.41, 5.74) is 2.18. The molecule has 0 N–H and O–H groups in total. The normalized spacial score (nSPS) is 18.0. The lowest BCUT2D eigenvalue weighted by molar-refractivity contribution is -0.136. The first-order valence-corrected chi connectivity index (χ1v) is 11.1. The number of nitrogens with zero attached hydrogens (tertiary/aromatic N) is 1. The molecule has 0 aromatic heterocycles. The zero-order valence-corrected chi connectivity index (χ0v) is 16.7. The van der Waals surface area contributed by atoms with Gasteiger partial charge in [0.05, 0.1) is 18.1 Å². The largest absolute Gasteiger partial charge is 0.484 e. The summed E-state index contributed by atoms with van der Waals surface area (Å²) in [6.45, 7) is 0.574. The fraction of sp³-hybridized carbons (Fsp3) is 0.381. The molecule has 1 aliphatic heterocycles. The Labute approximate surface area is 166 Å². The Balaban J connectivity index is 1.60. The van der Waals surface area contributed by atoms with Crippen molar-refractivity contribution in [3.8, 4) is 16.9 Å². The smallest absolute Gasteiger partial charge is 0.260 e. The maximum absolute atomic E-state index is 12.7. The molecule has 2 aromatic rings. The van der Waals surface area contributed by atoms with E-state index in [2.05, 4.69) is 0 Å². The van der Waals surface area contributed by atoms with Gasteiger partial charge in [0.25, 0.3) is 5.91 Å². The van der Waals surface area contributed by atoms with Gasteiger partial charge in [0.2, 0.25) is 0 Å². The van der Waals surface area contributed by atoms with Gasteiger partial charge in [-0.2, -0.15) is 0 Å². The SMILES string of the molecule is COCCN(C(=O)COc1ccc(-c2ccccc2)cc1)[C@@H]1CCS(=O)(=O)C1. The van der Waals surface area contributed by atoms with Crippen molar-refractivity contribution in [2.24, 2.45) is 0 Å². The molecule has 0 saturated carbocycles. The molecule has 1 saturated heterocycles. The lowest BCUT2D eigenvalue weighted by Gasteiger charge is -2.28. The molecule has 1 aliphatic rings. The van der Waals surface area contributed by atoms with E-state index in [-0.39, 0.29) is 30.1 Å². The van der Waals surface area contributed by atoms with E-state index in [0.29, 0.717) is 25.3 Å². The van der Waals surface area contributed by atoms with Crippen molar-refractivity contribution in [2.45, 2.75) is 12.5 Å². The van der Waals surface area contributed by atoms with Crippen LogP contribution in [0, 0.1) is 0 Å². The van der Waals surface area contributed by atoms with Gasteiger partial charge in [-0.15, -0.1) is 0 Å². The van der Waals surface area contributed by atoms with Gasteiger partial charge < -0.3 is 14.4 Å². The molecule has 2 aromatic carbocycles. The fourth-order valence-corrected chi connectivity index (χ4v) is 5.05. The predicted molar refractivity (Wildman–Crippen MR) is 108 cm³/mol. The minimum Gasteiger partial charge on any atom is -0.484 e. The Kier molecular flexibility index (Phi) is 6.70. The highest BCUT2D eigenvalue weighted by Crippen LogP contribution is 2.22. The molecule has 0 unspecified atom stereocenters. The lowest BCUT2D eigenvalue weighted by atomic mass is 10.1. The van der Waals surface area contributed by atoms with Crippen LogP contribution < -0.4 is 4.74 Å². The number of rotatable bonds is 8. The van der Waals surface area contributed by atoms with Gasteiger partial charge in [0.15, 0.2) is 16.4 Å². The molecule has 1 amide bonds. The third kappa shape index (κ3) is 5.33. The lowest BCUT2D eigenvalue weighted by Crippen LogP contribution is -2.45. The number of sulfone groups is 1. The average Bonchev–Trinajstić information content (AvgIpc) is 3.07. The quantitative estimate of drug-likeness (QED) is 0.677. The first-order chi connectivity index (χ1) is 13.5. The van der Waals surface area contributed by atoms with Crippen molar-refractivity contribution in [1.29, 1.82) is 0 Å². The molecule has 28 heavy (non-hydrogen) atoms. The van der Waals surface area contributed by atoms with Crippen molar-refractivity contribution >= 4 is 15.7 Å². The van der Waals surface area contributed by atoms with Crippen LogP contribution in [0.2, 0.25) is 0 Å². The Bertz CT molecular complexity index is 881. The number of methoxy groups -OCH3 is 1. The molecule has 0 spiro atoms. The van der Waals surface area contributed by atoms with Crippen molar-refractivity contribution in [3.05, 3.63) is 54.6 Å². The topological polar surface area (TPSA) is 72.9 Å². The molecule has 1 heterocycles. The molecule has 7 heteroatoms. The van der Waals surface area contributed by atoms with E-state index in [4.69, 9.17) is 9.47 Å². The fourth-order valence-electron chi connectivity index (χ4n) is 3.32. The molecule has 0 aliphatic carbocycles. The molecule has 0 radical (unpaired) electrons. The number of amides is 1. The van der Waals surface area contributed by atoms with Gasteiger partial charge in [0.1, 0.15) is 5.75 Å². The van der Waals surface area contributed by atoms with Crippen molar-refractivity contribution in [1.82, 2.24) is 4.90 Å². The summed E-state index contributed by atoms with van der Waals surface area (Å²) < 4.78 is 34.3. The first kappa shape index (κ1) is 20.4. The Hall–Kier alpha value is -2.38. The maximum atomic E-state index is 12.7. The number of carbonyl (C=O) groups is 1. The van der Waals surface area contributed by atoms with E-state index in [1.54, 1.807) is 12.0 Å². The highest BCUT2D eigenvalue weighted by Gasteiger charge is 2.34. The molecule has 1 atom stereocenters. The second-order valence-corrected chi connectivity index (χ2v) is 9.04. The minimum atomic E-state index is -3.07. The van der Waals surface area contributed by atoms with Crippen LogP contribution in [0.3, 0.4) is 0 Å². The number of hydrogen-bond acceptors (Lipinski definition) is 5. The van der Waals surface area contributed by atoms with Crippen LogP contribution in [-0.4, -0.2) is 63.6 Å². The predicted octanol–water partition coefficient (Wildman–Crippen LogP) is 2.39. The van der Waals surface area contributed by atoms with E-state index in [0.717, 1.165) is 11.1 Å². The summed E-state index contributed by atoms with van der Waals surface area (Å²) >= 11 is 0. The zero-order chi connectivity index (χ0) is 20.0. The van der Waals surface area contributed by atoms with Gasteiger partial charge in [-0.05, 0) is 29.7 Å². The van der Waals surface area contributed by atoms with Crippen molar-refractivity contribution < 1.29 is 22.7 Å². The number of benzene rings is 2. The third-order valence-corrected chi connectivity index (χ3v) is 6.58. The number of hydrogen-bond donors (Lipinski definition) is 0. The summed E-state index contributed by atoms with van der Waals surface area (Å²) in [4.78, 5) is 14.2. The Morgan fingerprint density at radius 2 is 1.75 bits per heavy atom. The van der Waals surface area contributed by atoms with Gasteiger partial charge in [-0.3, -0.25) is 4.79 Å². The monoisotopic (exact) mass is 403 g/mol. The second-order valence-electron chi connectivity index (χ2n) is 6.82. The minimum absolute atomic E-state index is 0.00816. The third-order valence-electron chi connectivity index (χ3n) is 4.83. The molecule has 1 fully saturated rings. The molecule has 3 rings (SSSR count). The second kappa shape index (κ2) is 9.21. The number of ether oxygens (including phenoxy) is 2.